The van der Waals surface area contributed by atoms with Crippen LogP contribution in [-0.4, -0.2) is 96.7 Å². The third kappa shape index (κ3) is 72.1. The van der Waals surface area contributed by atoms with Crippen molar-refractivity contribution in [2.45, 2.75) is 440 Å². The van der Waals surface area contributed by atoms with E-state index in [1.165, 1.54) is 218 Å². The Hall–Kier alpha value is -1.94. The number of carbonyl (C=O) groups excluding carboxylic acids is 4. The highest BCUT2D eigenvalue weighted by Gasteiger charge is 2.30. The second-order valence-corrected chi connectivity index (χ2v) is 33.6. The molecular weight excluding hydrogens is 1320 g/mol. The van der Waals surface area contributed by atoms with Crippen LogP contribution in [-0.2, 0) is 65.4 Å². The number of carbonyl (C=O) groups is 4. The second-order valence-electron chi connectivity index (χ2n) is 30.7. The minimum Gasteiger partial charge on any atom is -0.462 e. The van der Waals surface area contributed by atoms with E-state index in [0.717, 1.165) is 120 Å². The highest BCUT2D eigenvalue weighted by Crippen LogP contribution is 2.45. The monoisotopic (exact) mass is 1480 g/mol. The Morgan fingerprint density at radius 3 is 0.703 bits per heavy atom. The molecule has 0 rings (SSSR count). The van der Waals surface area contributed by atoms with E-state index in [4.69, 9.17) is 37.0 Å². The zero-order valence-corrected chi connectivity index (χ0v) is 68.3. The molecule has 0 heterocycles. The first kappa shape index (κ1) is 99.1. The smallest absolute Gasteiger partial charge is 0.462 e. The summed E-state index contributed by atoms with van der Waals surface area (Å²) in [6.07, 6.45) is 58.3. The summed E-state index contributed by atoms with van der Waals surface area (Å²) in [6.45, 7) is 14.3. The summed E-state index contributed by atoms with van der Waals surface area (Å²) in [7, 11) is -9.92. The molecule has 0 fully saturated rings. The first-order valence-electron chi connectivity index (χ1n) is 42.3. The van der Waals surface area contributed by atoms with Gasteiger partial charge in [-0.3, -0.25) is 37.3 Å². The van der Waals surface area contributed by atoms with Crippen molar-refractivity contribution < 1.29 is 80.2 Å². The van der Waals surface area contributed by atoms with Crippen LogP contribution in [0, 0.1) is 23.7 Å². The van der Waals surface area contributed by atoms with Gasteiger partial charge in [0, 0.05) is 25.7 Å². The van der Waals surface area contributed by atoms with E-state index >= 15 is 0 Å². The van der Waals surface area contributed by atoms with Crippen molar-refractivity contribution >= 4 is 39.5 Å². The Bertz CT molecular complexity index is 1980. The molecule has 17 nitrogen and oxygen atoms in total. The molecule has 0 amide bonds. The van der Waals surface area contributed by atoms with Crippen molar-refractivity contribution in [2.24, 2.45) is 23.7 Å². The molecule has 0 aliphatic heterocycles. The summed E-state index contributed by atoms with van der Waals surface area (Å²) in [6, 6.07) is 0. The number of aliphatic hydroxyl groups excluding tert-OH is 1. The number of hydrogen-bond donors (Lipinski definition) is 3. The van der Waals surface area contributed by atoms with E-state index in [-0.39, 0.29) is 25.7 Å². The molecule has 0 aromatic rings. The van der Waals surface area contributed by atoms with Gasteiger partial charge >= 0.3 is 39.5 Å². The summed E-state index contributed by atoms with van der Waals surface area (Å²) in [5.41, 5.74) is 0. The van der Waals surface area contributed by atoms with E-state index in [1.807, 2.05) is 0 Å². The number of ether oxygens (including phenoxy) is 4. The lowest BCUT2D eigenvalue weighted by molar-refractivity contribution is -0.161. The zero-order valence-electron chi connectivity index (χ0n) is 66.5. The van der Waals surface area contributed by atoms with Crippen LogP contribution >= 0.6 is 15.6 Å². The Morgan fingerprint density at radius 1 is 0.277 bits per heavy atom. The number of unbranched alkanes of at least 4 members (excludes halogenated alkanes) is 42. The fourth-order valence-electron chi connectivity index (χ4n) is 12.5. The quantitative estimate of drug-likeness (QED) is 0.0222. The largest absolute Gasteiger partial charge is 0.472 e. The van der Waals surface area contributed by atoms with Gasteiger partial charge in [0.15, 0.2) is 12.2 Å². The fraction of sp³-hybridized carbons (Fsp3) is 0.951. The molecule has 0 aliphatic carbocycles. The molecule has 0 saturated heterocycles. The Morgan fingerprint density at radius 2 is 0.475 bits per heavy atom. The molecule has 19 heteroatoms. The van der Waals surface area contributed by atoms with Gasteiger partial charge in [-0.25, -0.2) is 9.13 Å². The summed E-state index contributed by atoms with van der Waals surface area (Å²) < 4.78 is 68.7. The van der Waals surface area contributed by atoms with Crippen LogP contribution in [0.1, 0.15) is 421 Å². The molecule has 5 unspecified atom stereocenters. The van der Waals surface area contributed by atoms with Gasteiger partial charge in [-0.15, -0.1) is 0 Å². The average Bonchev–Trinajstić information content (AvgIpc) is 0.918. The molecule has 0 aromatic carbocycles. The topological polar surface area (TPSA) is 237 Å². The molecule has 0 saturated carbocycles. The first-order valence-corrected chi connectivity index (χ1v) is 45.3. The van der Waals surface area contributed by atoms with E-state index in [2.05, 4.69) is 55.4 Å². The lowest BCUT2D eigenvalue weighted by Crippen LogP contribution is -2.30. The van der Waals surface area contributed by atoms with Gasteiger partial charge in [0.05, 0.1) is 26.4 Å². The van der Waals surface area contributed by atoms with Crippen LogP contribution in [0.15, 0.2) is 0 Å². The van der Waals surface area contributed by atoms with Crippen molar-refractivity contribution in [3.05, 3.63) is 0 Å². The van der Waals surface area contributed by atoms with Crippen LogP contribution in [0.25, 0.3) is 0 Å². The van der Waals surface area contributed by atoms with Crippen molar-refractivity contribution in [1.82, 2.24) is 0 Å². The van der Waals surface area contributed by atoms with Gasteiger partial charge in [0.2, 0.25) is 0 Å². The lowest BCUT2D eigenvalue weighted by Gasteiger charge is -2.21. The number of hydrogen-bond acceptors (Lipinski definition) is 15. The number of aliphatic hydroxyl groups is 1. The SMILES string of the molecule is CCC(C)CCCCCCCCCCCCCCCCCCCCC(=O)O[C@H](COC(=O)CCCCCCCCC(C)CC)COP(=O)(O)OC[C@H](O)COP(=O)(O)OC[C@@H](COC(=O)CCCCCCCCCCCCCCCCC(C)C)OC(=O)CCCCCCCCCCC(C)CC. The molecule has 0 aliphatic rings. The Balaban J connectivity index is 5.18. The Kier molecular flexibility index (Phi) is 69.6. The van der Waals surface area contributed by atoms with E-state index in [9.17, 15) is 43.2 Å². The summed E-state index contributed by atoms with van der Waals surface area (Å²) in [5, 5.41) is 10.6. The second kappa shape index (κ2) is 71.0. The Labute approximate surface area is 619 Å². The van der Waals surface area contributed by atoms with Gasteiger partial charge in [-0.2, -0.15) is 0 Å². The fourth-order valence-corrected chi connectivity index (χ4v) is 14.1. The van der Waals surface area contributed by atoms with E-state index in [1.54, 1.807) is 0 Å². The summed E-state index contributed by atoms with van der Waals surface area (Å²) in [5.74, 6) is 1.05. The van der Waals surface area contributed by atoms with Crippen molar-refractivity contribution in [3.8, 4) is 0 Å². The number of esters is 4. The predicted octanol–water partition coefficient (Wildman–Crippen LogP) is 24.4. The molecule has 0 aromatic heterocycles. The molecule has 3 N–H and O–H groups in total. The summed E-state index contributed by atoms with van der Waals surface area (Å²) >= 11 is 0. The van der Waals surface area contributed by atoms with Crippen molar-refractivity contribution in [1.29, 1.82) is 0 Å². The van der Waals surface area contributed by atoms with E-state index in [0.29, 0.717) is 25.7 Å². The van der Waals surface area contributed by atoms with Crippen molar-refractivity contribution in [3.63, 3.8) is 0 Å². The van der Waals surface area contributed by atoms with Gasteiger partial charge in [-0.05, 0) is 49.4 Å². The maximum absolute atomic E-state index is 13.1. The maximum atomic E-state index is 13.1. The zero-order chi connectivity index (χ0) is 74.6. The molecule has 0 spiro atoms. The highest BCUT2D eigenvalue weighted by atomic mass is 31.2. The standard InChI is InChI=1S/C82H160O17P2/c1-9-73(6)59-51-43-35-29-25-21-16-14-12-13-15-17-23-27-31-38-48-56-64-81(86)98-78(69-93-80(85)63-55-47-41-40-45-53-61-75(8)11-3)71-97-101(90,91)95-67-76(83)66-94-100(88,89)96-70-77(99-82(87)65-57-49-39-33-32-36-44-52-60-74(7)10-2)68-92-79(84)62-54-46-37-30-26-22-19-18-20-24-28-34-42-50-58-72(4)5/h72-78,83H,9-71H2,1-8H3,(H,88,89)(H,90,91)/t73?,74?,75?,76-,77-,78-/m1/s1. The first-order chi connectivity index (χ1) is 48.7. The third-order valence-corrected chi connectivity index (χ3v) is 22.1. The van der Waals surface area contributed by atoms with Gasteiger partial charge in [0.1, 0.15) is 19.3 Å². The minimum absolute atomic E-state index is 0.105. The predicted molar refractivity (Wildman–Crippen MR) is 414 cm³/mol. The van der Waals surface area contributed by atoms with Crippen LogP contribution in [0.3, 0.4) is 0 Å². The van der Waals surface area contributed by atoms with E-state index < -0.39 is 97.5 Å². The van der Waals surface area contributed by atoms with Crippen molar-refractivity contribution in [2.75, 3.05) is 39.6 Å². The molecule has 0 bridgehead atoms. The molecule has 600 valence electrons. The van der Waals surface area contributed by atoms with Crippen LogP contribution in [0.5, 0.6) is 0 Å². The van der Waals surface area contributed by atoms with Crippen LogP contribution < -0.4 is 0 Å². The maximum Gasteiger partial charge on any atom is 0.472 e. The van der Waals surface area contributed by atoms with Crippen LogP contribution in [0.4, 0.5) is 0 Å². The number of phosphoric acid groups is 2. The summed E-state index contributed by atoms with van der Waals surface area (Å²) in [4.78, 5) is 73.0. The molecular formula is C82H160O17P2. The van der Waals surface area contributed by atoms with Gasteiger partial charge in [0.25, 0.3) is 0 Å². The van der Waals surface area contributed by atoms with Gasteiger partial charge < -0.3 is 33.8 Å². The molecule has 0 radical (unpaired) electrons. The lowest BCUT2D eigenvalue weighted by atomic mass is 9.99. The number of phosphoric ester groups is 2. The average molecular weight is 1480 g/mol. The third-order valence-electron chi connectivity index (χ3n) is 20.2. The molecule has 101 heavy (non-hydrogen) atoms. The number of rotatable bonds is 79. The minimum atomic E-state index is -4.96. The van der Waals surface area contributed by atoms with Crippen LogP contribution in [0.2, 0.25) is 0 Å². The highest BCUT2D eigenvalue weighted by molar-refractivity contribution is 7.47. The van der Waals surface area contributed by atoms with Gasteiger partial charge in [-0.1, -0.05) is 370 Å². The molecule has 8 atom stereocenters. The normalized spacial score (nSPS) is 14.8.